The van der Waals surface area contributed by atoms with Crippen LogP contribution < -0.4 is 29.7 Å². The smallest absolute Gasteiger partial charge is 0.335 e. The predicted octanol–water partition coefficient (Wildman–Crippen LogP) is 5.07. The number of rotatable bonds is 10. The number of halogens is 2. The highest BCUT2D eigenvalue weighted by Gasteiger charge is 2.37. The Kier molecular flexibility index (Phi) is 9.35. The summed E-state index contributed by atoms with van der Waals surface area (Å²) < 4.78 is 30.0. The van der Waals surface area contributed by atoms with Gasteiger partial charge >= 0.3 is 6.03 Å². The monoisotopic (exact) mass is 625 g/mol. The first-order valence-corrected chi connectivity index (χ1v) is 13.2. The molecule has 1 aliphatic heterocycles. The minimum absolute atomic E-state index is 0.190. The van der Waals surface area contributed by atoms with Crippen LogP contribution in [0.25, 0.3) is 6.08 Å². The summed E-state index contributed by atoms with van der Waals surface area (Å²) in [6, 6.07) is 13.7. The summed E-state index contributed by atoms with van der Waals surface area (Å²) in [6.45, 7) is 2.10. The third-order valence-corrected chi connectivity index (χ3v) is 6.34. The average Bonchev–Trinajstić information content (AvgIpc) is 2.95. The van der Waals surface area contributed by atoms with Gasteiger partial charge in [-0.25, -0.2) is 14.1 Å². The Morgan fingerprint density at radius 2 is 1.73 bits per heavy atom. The first kappa shape index (κ1) is 29.3. The molecule has 212 valence electrons. The second-order valence-electron chi connectivity index (χ2n) is 8.68. The molecule has 41 heavy (non-hydrogen) atoms. The zero-order valence-corrected chi connectivity index (χ0v) is 23.6. The number of methoxy groups -OCH3 is 1. The van der Waals surface area contributed by atoms with E-state index < -0.39 is 29.6 Å². The Morgan fingerprint density at radius 3 is 2.41 bits per heavy atom. The molecule has 5 amide bonds. The Labute approximate surface area is 243 Å². The molecular formula is C29H25BrFN3O7. The minimum atomic E-state index is -0.898. The van der Waals surface area contributed by atoms with Gasteiger partial charge < -0.3 is 19.5 Å². The molecule has 0 atom stereocenters. The van der Waals surface area contributed by atoms with Crippen molar-refractivity contribution in [3.8, 4) is 17.2 Å². The van der Waals surface area contributed by atoms with Gasteiger partial charge in [-0.1, -0.05) is 13.0 Å². The topological polar surface area (TPSA) is 123 Å². The highest BCUT2D eigenvalue weighted by Crippen LogP contribution is 2.34. The molecule has 1 fully saturated rings. The summed E-state index contributed by atoms with van der Waals surface area (Å²) in [7, 11) is 1.44. The van der Waals surface area contributed by atoms with Crippen LogP contribution >= 0.6 is 15.9 Å². The van der Waals surface area contributed by atoms with Crippen molar-refractivity contribution in [3.05, 3.63) is 82.1 Å². The van der Waals surface area contributed by atoms with Crippen molar-refractivity contribution in [2.45, 2.75) is 13.3 Å². The van der Waals surface area contributed by atoms with Crippen LogP contribution in [0.4, 0.5) is 20.6 Å². The number of nitrogens with zero attached hydrogens (tertiary/aromatic N) is 1. The molecule has 3 aromatic rings. The second kappa shape index (κ2) is 13.1. The lowest BCUT2D eigenvalue weighted by Gasteiger charge is -2.27. The van der Waals surface area contributed by atoms with E-state index in [4.69, 9.17) is 14.2 Å². The summed E-state index contributed by atoms with van der Waals surface area (Å²) in [5.41, 5.74) is 0.793. The summed E-state index contributed by atoms with van der Waals surface area (Å²) in [4.78, 5) is 51.5. The van der Waals surface area contributed by atoms with Crippen LogP contribution in [0.2, 0.25) is 0 Å². The summed E-state index contributed by atoms with van der Waals surface area (Å²) in [5.74, 6) is -1.44. The maximum Gasteiger partial charge on any atom is 0.335 e. The van der Waals surface area contributed by atoms with E-state index in [1.54, 1.807) is 24.3 Å². The highest BCUT2D eigenvalue weighted by atomic mass is 79.9. The van der Waals surface area contributed by atoms with Crippen molar-refractivity contribution in [2.75, 3.05) is 30.5 Å². The largest absolute Gasteiger partial charge is 0.493 e. The molecule has 0 bridgehead atoms. The van der Waals surface area contributed by atoms with Crippen LogP contribution in [0.1, 0.15) is 18.9 Å². The number of ether oxygens (including phenoxy) is 3. The quantitative estimate of drug-likeness (QED) is 0.238. The van der Waals surface area contributed by atoms with E-state index in [0.29, 0.717) is 39.6 Å². The number of imide groups is 2. The molecule has 0 saturated carbocycles. The maximum absolute atomic E-state index is 13.3. The number of carbonyl (C=O) groups is 4. The molecule has 12 heteroatoms. The van der Waals surface area contributed by atoms with Crippen LogP contribution in [0.15, 0.2) is 70.7 Å². The van der Waals surface area contributed by atoms with Crippen molar-refractivity contribution in [2.24, 2.45) is 0 Å². The fraction of sp³-hybridized carbons (Fsp3) is 0.172. The van der Waals surface area contributed by atoms with E-state index in [9.17, 15) is 23.6 Å². The van der Waals surface area contributed by atoms with Gasteiger partial charge in [0, 0.05) is 11.8 Å². The Balaban J connectivity index is 1.49. The summed E-state index contributed by atoms with van der Waals surface area (Å²) in [6.07, 6.45) is 2.12. The maximum atomic E-state index is 13.3. The number of nitrogens with one attached hydrogen (secondary N) is 2. The molecule has 2 N–H and O–H groups in total. The molecule has 1 heterocycles. The number of amides is 5. The molecule has 4 rings (SSSR count). The van der Waals surface area contributed by atoms with E-state index in [2.05, 4.69) is 26.6 Å². The van der Waals surface area contributed by atoms with Crippen molar-refractivity contribution in [1.82, 2.24) is 5.32 Å². The number of benzene rings is 3. The SMILES string of the molecule is CCCOc1ccc(N2C(=O)NC(=O)/C(=C/c3ccc(OCC(=O)Nc4ccc(F)cc4)c(Br)c3)C2=O)cc1OC. The zero-order valence-electron chi connectivity index (χ0n) is 22.0. The molecule has 0 spiro atoms. The standard InChI is InChI=1S/C29H25BrFN3O7/c1-3-12-40-24-11-9-20(15-25(24)39-2)34-28(37)21(27(36)33-29(34)38)13-17-4-10-23(22(30)14-17)41-16-26(35)32-19-7-5-18(31)6-8-19/h4-11,13-15H,3,12,16H2,1-2H3,(H,32,35)(H,33,36,38)/b21-13-. The second-order valence-corrected chi connectivity index (χ2v) is 9.53. The molecule has 10 nitrogen and oxygen atoms in total. The van der Waals surface area contributed by atoms with E-state index in [1.165, 1.54) is 49.6 Å². The van der Waals surface area contributed by atoms with Crippen LogP contribution in [0, 0.1) is 5.82 Å². The van der Waals surface area contributed by atoms with E-state index in [1.807, 2.05) is 6.92 Å². The van der Waals surface area contributed by atoms with Gasteiger partial charge in [-0.3, -0.25) is 19.7 Å². The molecule has 1 saturated heterocycles. The normalized spacial score (nSPS) is 14.1. The molecule has 1 aliphatic rings. The molecule has 0 aromatic heterocycles. The van der Waals surface area contributed by atoms with E-state index in [0.717, 1.165) is 11.3 Å². The third kappa shape index (κ3) is 7.09. The van der Waals surface area contributed by atoms with Crippen molar-refractivity contribution < 1.29 is 37.8 Å². The van der Waals surface area contributed by atoms with Gasteiger partial charge in [0.25, 0.3) is 17.7 Å². The average molecular weight is 626 g/mol. The van der Waals surface area contributed by atoms with Crippen LogP contribution in [0.5, 0.6) is 17.2 Å². The van der Waals surface area contributed by atoms with Crippen molar-refractivity contribution >= 4 is 57.1 Å². The molecule has 3 aromatic carbocycles. The van der Waals surface area contributed by atoms with Crippen molar-refractivity contribution in [3.63, 3.8) is 0 Å². The summed E-state index contributed by atoms with van der Waals surface area (Å²) >= 11 is 3.36. The van der Waals surface area contributed by atoms with Gasteiger partial charge in [-0.05, 0) is 82.5 Å². The van der Waals surface area contributed by atoms with Gasteiger partial charge in [0.1, 0.15) is 17.1 Å². The van der Waals surface area contributed by atoms with Gasteiger partial charge in [-0.2, -0.15) is 0 Å². The number of barbiturate groups is 1. The number of hydrogen-bond acceptors (Lipinski definition) is 7. The Hall–Kier alpha value is -4.71. The van der Waals surface area contributed by atoms with Crippen molar-refractivity contribution in [1.29, 1.82) is 0 Å². The van der Waals surface area contributed by atoms with Gasteiger partial charge in [0.05, 0.1) is 23.9 Å². The van der Waals surface area contributed by atoms with Crippen LogP contribution in [-0.2, 0) is 14.4 Å². The van der Waals surface area contributed by atoms with Crippen LogP contribution in [0.3, 0.4) is 0 Å². The lowest BCUT2D eigenvalue weighted by Crippen LogP contribution is -2.54. The summed E-state index contributed by atoms with van der Waals surface area (Å²) in [5, 5.41) is 4.77. The fourth-order valence-electron chi connectivity index (χ4n) is 3.78. The Bertz CT molecular complexity index is 1530. The minimum Gasteiger partial charge on any atom is -0.493 e. The molecule has 0 radical (unpaired) electrons. The first-order valence-electron chi connectivity index (χ1n) is 12.4. The molecule has 0 unspecified atom stereocenters. The van der Waals surface area contributed by atoms with E-state index >= 15 is 0 Å². The predicted molar refractivity (Wildman–Crippen MR) is 152 cm³/mol. The highest BCUT2D eigenvalue weighted by molar-refractivity contribution is 9.10. The number of hydrogen-bond donors (Lipinski definition) is 2. The molecule has 0 aliphatic carbocycles. The van der Waals surface area contributed by atoms with Gasteiger partial charge in [0.15, 0.2) is 18.1 Å². The van der Waals surface area contributed by atoms with Gasteiger partial charge in [0.2, 0.25) is 0 Å². The van der Waals surface area contributed by atoms with Gasteiger partial charge in [-0.15, -0.1) is 0 Å². The number of urea groups is 1. The molecular weight excluding hydrogens is 601 g/mol. The lowest BCUT2D eigenvalue weighted by atomic mass is 10.1. The lowest BCUT2D eigenvalue weighted by molar-refractivity contribution is -0.122. The van der Waals surface area contributed by atoms with E-state index in [-0.39, 0.29) is 17.9 Å². The fourth-order valence-corrected chi connectivity index (χ4v) is 4.29. The number of carbonyl (C=O) groups excluding carboxylic acids is 4. The van der Waals surface area contributed by atoms with Crippen LogP contribution in [-0.4, -0.2) is 44.1 Å². The Morgan fingerprint density at radius 1 is 1.00 bits per heavy atom. The zero-order chi connectivity index (χ0) is 29.5. The third-order valence-electron chi connectivity index (χ3n) is 5.72. The number of anilines is 2. The first-order chi connectivity index (χ1) is 19.7.